The van der Waals surface area contributed by atoms with Crippen LogP contribution in [-0.2, 0) is 4.79 Å². The number of aliphatic carboxylic acids is 1. The van der Waals surface area contributed by atoms with Crippen molar-refractivity contribution in [2.75, 3.05) is 0 Å². The van der Waals surface area contributed by atoms with Crippen LogP contribution in [0, 0.1) is 0 Å². The molecule has 4 heteroatoms. The minimum absolute atomic E-state index is 0.482. The molecule has 3 N–H and O–H groups in total. The number of carboxylic acid groups (broad SMARTS) is 1. The third kappa shape index (κ3) is 3.18. The molecule has 0 heterocycles. The molecule has 0 spiro atoms. The van der Waals surface area contributed by atoms with Crippen LogP contribution >= 0.6 is 0 Å². The summed E-state index contributed by atoms with van der Waals surface area (Å²) in [7, 11) is 0. The maximum Gasteiger partial charge on any atom is 0.306 e. The molecule has 0 saturated carbocycles. The maximum atomic E-state index is 10.4. The Hall–Kier alpha value is -1.65. The lowest BCUT2D eigenvalue weighted by molar-refractivity contribution is -0.141. The molecule has 2 unspecified atom stereocenters. The fourth-order valence-electron chi connectivity index (χ4n) is 1.34. The van der Waals surface area contributed by atoms with E-state index < -0.39 is 24.6 Å². The van der Waals surface area contributed by atoms with Gasteiger partial charge in [0.2, 0.25) is 0 Å². The highest BCUT2D eigenvalue weighted by Gasteiger charge is 2.20. The molecular weight excluding hydrogens is 208 g/mol. The standard InChI is InChI=1S/C12H14O4/c1-2-8-3-5-9(6-4-8)12(16)10(13)7-11(14)15/h2-6,10,12-13,16H,1,7H2,(H,14,15). The largest absolute Gasteiger partial charge is 0.481 e. The summed E-state index contributed by atoms with van der Waals surface area (Å²) in [6.07, 6.45) is -1.31. The molecular formula is C12H14O4. The third-order valence-corrected chi connectivity index (χ3v) is 2.26. The minimum atomic E-state index is -1.30. The monoisotopic (exact) mass is 222 g/mol. The number of aliphatic hydroxyl groups is 2. The van der Waals surface area contributed by atoms with Crippen molar-refractivity contribution in [3.63, 3.8) is 0 Å². The van der Waals surface area contributed by atoms with Crippen molar-refractivity contribution < 1.29 is 20.1 Å². The van der Waals surface area contributed by atoms with Crippen molar-refractivity contribution in [3.05, 3.63) is 42.0 Å². The molecule has 16 heavy (non-hydrogen) atoms. The summed E-state index contributed by atoms with van der Waals surface area (Å²) in [6.45, 7) is 3.59. The van der Waals surface area contributed by atoms with Gasteiger partial charge in [0.25, 0.3) is 0 Å². The Bertz CT molecular complexity index is 369. The van der Waals surface area contributed by atoms with E-state index in [1.807, 2.05) is 0 Å². The van der Waals surface area contributed by atoms with E-state index in [1.54, 1.807) is 30.3 Å². The normalized spacial score (nSPS) is 14.1. The summed E-state index contributed by atoms with van der Waals surface area (Å²) in [5, 5.41) is 27.6. The lowest BCUT2D eigenvalue weighted by atomic mass is 10.0. The zero-order valence-electron chi connectivity index (χ0n) is 8.71. The fraction of sp³-hybridized carbons (Fsp3) is 0.250. The number of rotatable bonds is 5. The van der Waals surface area contributed by atoms with Crippen molar-refractivity contribution in [1.82, 2.24) is 0 Å². The Labute approximate surface area is 93.5 Å². The summed E-state index contributed by atoms with van der Waals surface area (Å²) in [5.41, 5.74) is 1.38. The molecule has 2 atom stereocenters. The lowest BCUT2D eigenvalue weighted by Crippen LogP contribution is -2.21. The highest BCUT2D eigenvalue weighted by Crippen LogP contribution is 2.19. The Balaban J connectivity index is 2.75. The summed E-state index contributed by atoms with van der Waals surface area (Å²) in [4.78, 5) is 10.4. The van der Waals surface area contributed by atoms with Gasteiger partial charge in [-0.25, -0.2) is 0 Å². The smallest absolute Gasteiger partial charge is 0.306 e. The Morgan fingerprint density at radius 2 is 1.88 bits per heavy atom. The molecule has 0 radical (unpaired) electrons. The molecule has 0 fully saturated rings. The summed E-state index contributed by atoms with van der Waals surface area (Å²) >= 11 is 0. The first kappa shape index (κ1) is 12.4. The van der Waals surface area contributed by atoms with Gasteiger partial charge in [0.05, 0.1) is 12.5 Å². The van der Waals surface area contributed by atoms with Gasteiger partial charge in [-0.1, -0.05) is 36.9 Å². The van der Waals surface area contributed by atoms with Gasteiger partial charge in [-0.05, 0) is 11.1 Å². The molecule has 1 aromatic carbocycles. The second kappa shape index (κ2) is 5.44. The van der Waals surface area contributed by atoms with E-state index in [0.717, 1.165) is 5.56 Å². The van der Waals surface area contributed by atoms with Gasteiger partial charge in [-0.3, -0.25) is 4.79 Å². The molecule has 4 nitrogen and oxygen atoms in total. The predicted molar refractivity (Wildman–Crippen MR) is 59.8 cm³/mol. The van der Waals surface area contributed by atoms with E-state index >= 15 is 0 Å². The number of carbonyl (C=O) groups is 1. The molecule has 1 rings (SSSR count). The molecule has 0 aliphatic carbocycles. The van der Waals surface area contributed by atoms with Gasteiger partial charge in [-0.15, -0.1) is 0 Å². The molecule has 0 aliphatic rings. The van der Waals surface area contributed by atoms with E-state index in [4.69, 9.17) is 5.11 Å². The van der Waals surface area contributed by atoms with E-state index in [0.29, 0.717) is 5.56 Å². The molecule has 0 aliphatic heterocycles. The van der Waals surface area contributed by atoms with Crippen LogP contribution in [0.3, 0.4) is 0 Å². The van der Waals surface area contributed by atoms with E-state index in [-0.39, 0.29) is 0 Å². The second-order valence-electron chi connectivity index (χ2n) is 3.48. The quantitative estimate of drug-likeness (QED) is 0.699. The van der Waals surface area contributed by atoms with Crippen LogP contribution < -0.4 is 0 Å². The zero-order chi connectivity index (χ0) is 12.1. The van der Waals surface area contributed by atoms with Crippen LogP contribution in [-0.4, -0.2) is 27.4 Å². The number of carboxylic acids is 1. The average Bonchev–Trinajstić information content (AvgIpc) is 2.27. The number of hydrogen-bond acceptors (Lipinski definition) is 3. The SMILES string of the molecule is C=Cc1ccc(C(O)C(O)CC(=O)O)cc1. The lowest BCUT2D eigenvalue weighted by Gasteiger charge is -2.16. The maximum absolute atomic E-state index is 10.4. The topological polar surface area (TPSA) is 77.8 Å². The van der Waals surface area contributed by atoms with Crippen LogP contribution in [0.25, 0.3) is 6.08 Å². The van der Waals surface area contributed by atoms with Crippen molar-refractivity contribution in [3.8, 4) is 0 Å². The van der Waals surface area contributed by atoms with Crippen molar-refractivity contribution in [1.29, 1.82) is 0 Å². The van der Waals surface area contributed by atoms with Gasteiger partial charge < -0.3 is 15.3 Å². The van der Waals surface area contributed by atoms with Crippen LogP contribution in [0.2, 0.25) is 0 Å². The van der Waals surface area contributed by atoms with Gasteiger partial charge in [0, 0.05) is 0 Å². The Morgan fingerprint density at radius 3 is 2.31 bits per heavy atom. The van der Waals surface area contributed by atoms with Crippen LogP contribution in [0.5, 0.6) is 0 Å². The minimum Gasteiger partial charge on any atom is -0.481 e. The summed E-state index contributed by atoms with van der Waals surface area (Å²) in [5.74, 6) is -1.14. The highest BCUT2D eigenvalue weighted by atomic mass is 16.4. The van der Waals surface area contributed by atoms with Crippen molar-refractivity contribution in [2.24, 2.45) is 0 Å². The first-order valence-electron chi connectivity index (χ1n) is 4.85. The van der Waals surface area contributed by atoms with Gasteiger partial charge in [0.15, 0.2) is 0 Å². The highest BCUT2D eigenvalue weighted by molar-refractivity contribution is 5.67. The molecule has 1 aromatic rings. The van der Waals surface area contributed by atoms with Gasteiger partial charge >= 0.3 is 5.97 Å². The molecule has 0 bridgehead atoms. The zero-order valence-corrected chi connectivity index (χ0v) is 8.71. The second-order valence-corrected chi connectivity index (χ2v) is 3.48. The van der Waals surface area contributed by atoms with Gasteiger partial charge in [-0.2, -0.15) is 0 Å². The number of benzene rings is 1. The van der Waals surface area contributed by atoms with Crippen LogP contribution in [0.15, 0.2) is 30.8 Å². The molecule has 0 aromatic heterocycles. The first-order valence-corrected chi connectivity index (χ1v) is 4.85. The molecule has 86 valence electrons. The first-order chi connectivity index (χ1) is 7.54. The number of aliphatic hydroxyl groups excluding tert-OH is 2. The van der Waals surface area contributed by atoms with E-state index in [9.17, 15) is 15.0 Å². The Morgan fingerprint density at radius 1 is 1.31 bits per heavy atom. The molecule has 0 saturated heterocycles. The van der Waals surface area contributed by atoms with Crippen LogP contribution in [0.4, 0.5) is 0 Å². The molecule has 0 amide bonds. The van der Waals surface area contributed by atoms with E-state index in [1.165, 1.54) is 0 Å². The predicted octanol–water partition coefficient (Wildman–Crippen LogP) is 1.20. The van der Waals surface area contributed by atoms with Crippen molar-refractivity contribution >= 4 is 12.0 Å². The fourth-order valence-corrected chi connectivity index (χ4v) is 1.34. The van der Waals surface area contributed by atoms with E-state index in [2.05, 4.69) is 6.58 Å². The third-order valence-electron chi connectivity index (χ3n) is 2.26. The van der Waals surface area contributed by atoms with Crippen LogP contribution in [0.1, 0.15) is 23.7 Å². The number of hydrogen-bond donors (Lipinski definition) is 3. The van der Waals surface area contributed by atoms with Gasteiger partial charge in [0.1, 0.15) is 6.10 Å². The Kier molecular flexibility index (Phi) is 4.22. The summed E-state index contributed by atoms with van der Waals surface area (Å²) in [6, 6.07) is 6.73. The summed E-state index contributed by atoms with van der Waals surface area (Å²) < 4.78 is 0. The van der Waals surface area contributed by atoms with Crippen molar-refractivity contribution in [2.45, 2.75) is 18.6 Å². The average molecular weight is 222 g/mol.